The molecule has 1 heterocycles. The second-order valence-corrected chi connectivity index (χ2v) is 5.11. The summed E-state index contributed by atoms with van der Waals surface area (Å²) in [4.78, 5) is 1.00. The van der Waals surface area contributed by atoms with E-state index in [9.17, 15) is 0 Å². The van der Waals surface area contributed by atoms with Crippen molar-refractivity contribution in [1.29, 1.82) is 5.41 Å². The molecule has 1 saturated heterocycles. The second-order valence-electron chi connectivity index (χ2n) is 3.33. The van der Waals surface area contributed by atoms with E-state index in [1.165, 1.54) is 0 Å². The number of benzene rings is 1. The third-order valence-corrected chi connectivity index (χ3v) is 3.58. The molecule has 80 valence electrons. The molecule has 0 amide bonds. The first-order valence-electron chi connectivity index (χ1n) is 4.55. The van der Waals surface area contributed by atoms with Crippen molar-refractivity contribution in [3.8, 4) is 0 Å². The molecule has 3 nitrogen and oxygen atoms in total. The lowest BCUT2D eigenvalue weighted by molar-refractivity contribution is 0.0455. The Hall–Kier alpha value is -0.710. The second kappa shape index (κ2) is 4.43. The molecule has 15 heavy (non-hydrogen) atoms. The van der Waals surface area contributed by atoms with Crippen LogP contribution >= 0.6 is 23.4 Å². The topological polar surface area (TPSA) is 59.1 Å². The van der Waals surface area contributed by atoms with E-state index >= 15 is 0 Å². The van der Waals surface area contributed by atoms with Crippen LogP contribution in [0.15, 0.2) is 23.1 Å². The van der Waals surface area contributed by atoms with Crippen LogP contribution in [0.4, 0.5) is 0 Å². The van der Waals surface area contributed by atoms with Gasteiger partial charge in [-0.2, -0.15) is 0 Å². The molecule has 3 N–H and O–H groups in total. The van der Waals surface area contributed by atoms with E-state index in [1.807, 2.05) is 12.1 Å². The van der Waals surface area contributed by atoms with E-state index in [4.69, 9.17) is 27.5 Å². The molecule has 0 bridgehead atoms. The van der Waals surface area contributed by atoms with Gasteiger partial charge in [0.2, 0.25) is 0 Å². The summed E-state index contributed by atoms with van der Waals surface area (Å²) >= 11 is 7.55. The van der Waals surface area contributed by atoms with E-state index < -0.39 is 0 Å². The fourth-order valence-corrected chi connectivity index (χ4v) is 2.58. The Bertz CT molecular complexity index is 393. The molecule has 0 spiro atoms. The van der Waals surface area contributed by atoms with Crippen molar-refractivity contribution >= 4 is 29.2 Å². The van der Waals surface area contributed by atoms with Crippen LogP contribution in [-0.2, 0) is 4.74 Å². The number of hydrogen-bond donors (Lipinski definition) is 2. The van der Waals surface area contributed by atoms with E-state index in [1.54, 1.807) is 17.8 Å². The van der Waals surface area contributed by atoms with Gasteiger partial charge in [0, 0.05) is 15.5 Å². The van der Waals surface area contributed by atoms with Crippen LogP contribution in [0.2, 0.25) is 5.02 Å². The number of hydrogen-bond acceptors (Lipinski definition) is 3. The van der Waals surface area contributed by atoms with Gasteiger partial charge in [0.15, 0.2) is 0 Å². The largest absolute Gasteiger partial charge is 0.384 e. The van der Waals surface area contributed by atoms with Crippen molar-refractivity contribution in [2.24, 2.45) is 5.73 Å². The summed E-state index contributed by atoms with van der Waals surface area (Å²) in [5.41, 5.74) is 6.21. The van der Waals surface area contributed by atoms with Gasteiger partial charge in [-0.25, -0.2) is 0 Å². The predicted molar refractivity (Wildman–Crippen MR) is 62.9 cm³/mol. The number of ether oxygens (including phenoxy) is 1. The van der Waals surface area contributed by atoms with Crippen LogP contribution < -0.4 is 5.73 Å². The normalized spacial score (nSPS) is 16.1. The minimum atomic E-state index is 0.0558. The van der Waals surface area contributed by atoms with Crippen LogP contribution in [0, 0.1) is 5.41 Å². The molecule has 5 heteroatoms. The maximum absolute atomic E-state index is 7.47. The standard InChI is InChI=1S/C10H11ClN2OS/c11-6-1-2-9(8(3-6)10(12)13)15-7-4-14-5-7/h1-3,7H,4-5H2,(H3,12,13). The summed E-state index contributed by atoms with van der Waals surface area (Å²) in [6.07, 6.45) is 0. The lowest BCUT2D eigenvalue weighted by atomic mass is 10.2. The number of rotatable bonds is 3. The number of amidine groups is 1. The number of nitrogens with one attached hydrogen (secondary N) is 1. The molecule has 1 aliphatic heterocycles. The number of thioether (sulfide) groups is 1. The highest BCUT2D eigenvalue weighted by Gasteiger charge is 2.21. The predicted octanol–water partition coefficient (Wildman–Crippen LogP) is 2.11. The first-order valence-corrected chi connectivity index (χ1v) is 5.81. The van der Waals surface area contributed by atoms with Gasteiger partial charge in [-0.3, -0.25) is 5.41 Å². The Labute approximate surface area is 97.5 Å². The van der Waals surface area contributed by atoms with E-state index in [0.717, 1.165) is 18.1 Å². The van der Waals surface area contributed by atoms with Gasteiger partial charge in [-0.05, 0) is 18.2 Å². The van der Waals surface area contributed by atoms with Gasteiger partial charge in [0.1, 0.15) is 5.84 Å². The fourth-order valence-electron chi connectivity index (χ4n) is 1.28. The maximum Gasteiger partial charge on any atom is 0.123 e. The Morgan fingerprint density at radius 1 is 1.53 bits per heavy atom. The highest BCUT2D eigenvalue weighted by molar-refractivity contribution is 8.00. The summed E-state index contributed by atoms with van der Waals surface area (Å²) in [6, 6.07) is 5.45. The Morgan fingerprint density at radius 3 is 2.80 bits per heavy atom. The van der Waals surface area contributed by atoms with Crippen molar-refractivity contribution in [3.63, 3.8) is 0 Å². The molecule has 0 atom stereocenters. The molecule has 1 aromatic carbocycles. The zero-order valence-corrected chi connectivity index (χ0v) is 9.57. The Kier molecular flexibility index (Phi) is 3.19. The third-order valence-electron chi connectivity index (χ3n) is 2.13. The lowest BCUT2D eigenvalue weighted by Gasteiger charge is -2.25. The zero-order valence-electron chi connectivity index (χ0n) is 8.00. The van der Waals surface area contributed by atoms with Gasteiger partial charge < -0.3 is 10.5 Å². The van der Waals surface area contributed by atoms with Crippen LogP contribution in [0.3, 0.4) is 0 Å². The fraction of sp³-hybridized carbons (Fsp3) is 0.300. The first-order chi connectivity index (χ1) is 7.16. The Morgan fingerprint density at radius 2 is 2.27 bits per heavy atom. The van der Waals surface area contributed by atoms with E-state index in [2.05, 4.69) is 0 Å². The average molecular weight is 243 g/mol. The quantitative estimate of drug-likeness (QED) is 0.631. The van der Waals surface area contributed by atoms with Gasteiger partial charge in [0.05, 0.1) is 18.5 Å². The first kappa shape index (κ1) is 10.8. The summed E-state index contributed by atoms with van der Waals surface area (Å²) in [7, 11) is 0. The van der Waals surface area contributed by atoms with E-state index in [0.29, 0.717) is 15.8 Å². The molecule has 1 fully saturated rings. The molecule has 1 aliphatic rings. The molecule has 0 unspecified atom stereocenters. The molecule has 0 aromatic heterocycles. The summed E-state index contributed by atoms with van der Waals surface area (Å²) in [5.74, 6) is 0.0558. The molecular weight excluding hydrogens is 232 g/mol. The van der Waals surface area contributed by atoms with Crippen molar-refractivity contribution in [3.05, 3.63) is 28.8 Å². The maximum atomic E-state index is 7.47. The van der Waals surface area contributed by atoms with Gasteiger partial charge in [-0.15, -0.1) is 11.8 Å². The van der Waals surface area contributed by atoms with Crippen LogP contribution in [0.5, 0.6) is 0 Å². The molecule has 0 saturated carbocycles. The van der Waals surface area contributed by atoms with Crippen molar-refractivity contribution in [1.82, 2.24) is 0 Å². The van der Waals surface area contributed by atoms with Crippen molar-refractivity contribution in [2.75, 3.05) is 13.2 Å². The van der Waals surface area contributed by atoms with Gasteiger partial charge >= 0.3 is 0 Å². The van der Waals surface area contributed by atoms with Gasteiger partial charge in [0.25, 0.3) is 0 Å². The highest BCUT2D eigenvalue weighted by Crippen LogP contribution is 2.31. The van der Waals surface area contributed by atoms with Crippen LogP contribution in [0.25, 0.3) is 0 Å². The molecule has 0 radical (unpaired) electrons. The summed E-state index contributed by atoms with van der Waals surface area (Å²) in [5, 5.41) is 8.55. The number of halogens is 1. The third kappa shape index (κ3) is 2.45. The zero-order chi connectivity index (χ0) is 10.8. The number of nitrogens with two attached hydrogens (primary N) is 1. The lowest BCUT2D eigenvalue weighted by Crippen LogP contribution is -2.30. The minimum Gasteiger partial charge on any atom is -0.384 e. The average Bonchev–Trinajstić information content (AvgIpc) is 2.12. The smallest absolute Gasteiger partial charge is 0.123 e. The van der Waals surface area contributed by atoms with E-state index in [-0.39, 0.29) is 5.84 Å². The molecule has 2 rings (SSSR count). The summed E-state index contributed by atoms with van der Waals surface area (Å²) in [6.45, 7) is 1.54. The van der Waals surface area contributed by atoms with Crippen molar-refractivity contribution in [2.45, 2.75) is 10.1 Å². The minimum absolute atomic E-state index is 0.0558. The van der Waals surface area contributed by atoms with Crippen LogP contribution in [-0.4, -0.2) is 24.3 Å². The monoisotopic (exact) mass is 242 g/mol. The van der Waals surface area contributed by atoms with Crippen LogP contribution in [0.1, 0.15) is 5.56 Å². The Balaban J connectivity index is 2.23. The SMILES string of the molecule is N=C(N)c1cc(Cl)ccc1SC1COC1. The van der Waals surface area contributed by atoms with Gasteiger partial charge in [-0.1, -0.05) is 11.6 Å². The molecule has 1 aromatic rings. The molecular formula is C10H11ClN2OS. The number of nitrogen functional groups attached to an aromatic ring is 1. The molecule has 0 aliphatic carbocycles. The van der Waals surface area contributed by atoms with Crippen molar-refractivity contribution < 1.29 is 4.74 Å². The highest BCUT2D eigenvalue weighted by atomic mass is 35.5. The summed E-state index contributed by atoms with van der Waals surface area (Å²) < 4.78 is 5.10.